The Morgan fingerprint density at radius 3 is 2.26 bits per heavy atom. The van der Waals surface area contributed by atoms with Gasteiger partial charge < -0.3 is 9.47 Å². The Labute approximate surface area is 269 Å². The number of hydrogen-bond acceptors (Lipinski definition) is 2. The molecule has 1 aromatic rings. The minimum Gasteiger partial charge on any atom is -0.464 e. The van der Waals surface area contributed by atoms with Crippen molar-refractivity contribution < 1.29 is 42.2 Å². The average Bonchev–Trinajstić information content (AvgIpc) is 2.85. The Kier molecular flexibility index (Phi) is 16.4. The number of rotatable bonds is 14. The first-order chi connectivity index (χ1) is 17.6. The van der Waals surface area contributed by atoms with Gasteiger partial charge in [0.15, 0.2) is 0 Å². The van der Waals surface area contributed by atoms with Gasteiger partial charge in [-0.2, -0.15) is 0 Å². The van der Waals surface area contributed by atoms with Crippen LogP contribution in [0.1, 0.15) is 151 Å². The molecule has 2 bridgehead atoms. The maximum absolute atomic E-state index is 6.87. The van der Waals surface area contributed by atoms with Crippen LogP contribution in [0.4, 0.5) is 0 Å². The molecule has 0 spiro atoms. The molecule has 39 heavy (non-hydrogen) atoms. The van der Waals surface area contributed by atoms with E-state index in [9.17, 15) is 0 Å². The van der Waals surface area contributed by atoms with Crippen molar-refractivity contribution in [1.82, 2.24) is 0 Å². The maximum atomic E-state index is 6.87. The van der Waals surface area contributed by atoms with E-state index in [2.05, 4.69) is 79.7 Å². The van der Waals surface area contributed by atoms with E-state index in [1.165, 1.54) is 76.2 Å². The zero-order valence-electron chi connectivity index (χ0n) is 26.4. The van der Waals surface area contributed by atoms with Crippen LogP contribution < -0.4 is 4.74 Å². The summed E-state index contributed by atoms with van der Waals surface area (Å²) in [6.45, 7) is 19.6. The molecule has 3 heteroatoms. The topological polar surface area (TPSA) is 18.5 Å². The molecule has 0 aliphatic heterocycles. The first-order valence-electron chi connectivity index (χ1n) is 16.0. The van der Waals surface area contributed by atoms with Gasteiger partial charge in [-0.15, -0.1) is 0 Å². The number of benzene rings is 1. The zero-order valence-corrected chi connectivity index (χ0v) is 29.2. The van der Waals surface area contributed by atoms with Crippen LogP contribution in [0.25, 0.3) is 0 Å². The van der Waals surface area contributed by atoms with Gasteiger partial charge in [0, 0.05) is 38.1 Å². The first kappa shape index (κ1) is 37.1. The van der Waals surface area contributed by atoms with Crippen molar-refractivity contribution in [1.29, 1.82) is 0 Å². The largest absolute Gasteiger partial charge is 0.464 e. The summed E-state index contributed by atoms with van der Waals surface area (Å²) in [5.41, 5.74) is 1.95. The second-order valence-electron chi connectivity index (χ2n) is 14.4. The molecule has 2 saturated carbocycles. The van der Waals surface area contributed by atoms with Crippen molar-refractivity contribution in [2.45, 2.75) is 152 Å². The third-order valence-electron chi connectivity index (χ3n) is 9.68. The van der Waals surface area contributed by atoms with E-state index >= 15 is 0 Å². The van der Waals surface area contributed by atoms with Crippen molar-refractivity contribution in [3.63, 3.8) is 0 Å². The summed E-state index contributed by atoms with van der Waals surface area (Å²) in [5, 5.41) is 0. The zero-order chi connectivity index (χ0) is 27.1. The first-order valence-corrected chi connectivity index (χ1v) is 16.0. The fourth-order valence-electron chi connectivity index (χ4n) is 7.61. The molecular weight excluding hydrogens is 553 g/mol. The van der Waals surface area contributed by atoms with Gasteiger partial charge in [0.05, 0.1) is 6.61 Å². The molecule has 1 radical (unpaired) electrons. The summed E-state index contributed by atoms with van der Waals surface area (Å²) in [6, 6.07) is 9.11. The number of ether oxygens (including phenoxy) is 2. The molecule has 6 unspecified atom stereocenters. The van der Waals surface area contributed by atoms with Crippen molar-refractivity contribution in [2.75, 3.05) is 6.61 Å². The van der Waals surface area contributed by atoms with E-state index in [0.717, 1.165) is 36.5 Å². The summed E-state index contributed by atoms with van der Waals surface area (Å²) < 4.78 is 13.7. The molecule has 3 rings (SSSR count). The maximum Gasteiger partial charge on any atom is 0.205 e. The second-order valence-corrected chi connectivity index (χ2v) is 14.4. The van der Waals surface area contributed by atoms with E-state index in [-0.39, 0.29) is 51.8 Å². The molecule has 1 aromatic carbocycles. The van der Waals surface area contributed by atoms with E-state index in [0.29, 0.717) is 17.3 Å². The standard InChI is InChI=1S/C35H60O2.CH4.Y/c1-9-13-27(10-2)19-21-36-33(35-20-12-14-29(24-35)22-28(11-3)23-35)37-31-17-15-30(16-18-31)32(26(4)5)25-34(6,7)8;;/h15-18,26-29,32-33H,9-14,19-25H2,1-8H3;1H4;. The van der Waals surface area contributed by atoms with Gasteiger partial charge in [0.25, 0.3) is 0 Å². The minimum atomic E-state index is -0.120. The molecule has 0 heterocycles. The summed E-state index contributed by atoms with van der Waals surface area (Å²) in [7, 11) is 0. The molecule has 6 atom stereocenters. The Bertz CT molecular complexity index is 782. The van der Waals surface area contributed by atoms with Gasteiger partial charge >= 0.3 is 0 Å². The molecule has 0 amide bonds. The van der Waals surface area contributed by atoms with Gasteiger partial charge in [-0.05, 0) is 91.2 Å². The predicted molar refractivity (Wildman–Crippen MR) is 166 cm³/mol. The van der Waals surface area contributed by atoms with Crippen LogP contribution in [0.5, 0.6) is 5.75 Å². The SMILES string of the molecule is C.CCCC(CC)CCOC(Oc1ccc(C(CC(C)(C)C)C(C)C)cc1)C12CCCC(CC(CC)C1)C2.[Y]. The molecule has 2 aliphatic carbocycles. The van der Waals surface area contributed by atoms with Crippen molar-refractivity contribution in [2.24, 2.45) is 34.5 Å². The Morgan fingerprint density at radius 1 is 1.00 bits per heavy atom. The van der Waals surface area contributed by atoms with Gasteiger partial charge in [-0.1, -0.05) is 113 Å². The van der Waals surface area contributed by atoms with Crippen LogP contribution in [0.15, 0.2) is 24.3 Å². The third-order valence-corrected chi connectivity index (χ3v) is 9.68. The quantitative estimate of drug-likeness (QED) is 0.193. The van der Waals surface area contributed by atoms with Crippen LogP contribution in [0, 0.1) is 34.5 Å². The molecule has 2 aliphatic rings. The molecule has 0 aromatic heterocycles. The Balaban J connectivity index is 0.00000380. The van der Waals surface area contributed by atoms with Crippen LogP contribution >= 0.6 is 0 Å². The summed E-state index contributed by atoms with van der Waals surface area (Å²) in [4.78, 5) is 0. The van der Waals surface area contributed by atoms with Gasteiger partial charge in [-0.3, -0.25) is 0 Å². The Hall–Kier alpha value is 0.0839. The monoisotopic (exact) mass is 617 g/mol. The minimum absolute atomic E-state index is 0. The summed E-state index contributed by atoms with van der Waals surface area (Å²) in [5.74, 6) is 4.64. The predicted octanol–water partition coefficient (Wildman–Crippen LogP) is 11.4. The smallest absolute Gasteiger partial charge is 0.205 e. The van der Waals surface area contributed by atoms with Gasteiger partial charge in [0.2, 0.25) is 6.29 Å². The molecule has 2 fully saturated rings. The van der Waals surface area contributed by atoms with E-state index < -0.39 is 0 Å². The van der Waals surface area contributed by atoms with Crippen molar-refractivity contribution >= 4 is 0 Å². The summed E-state index contributed by atoms with van der Waals surface area (Å²) >= 11 is 0. The second kappa shape index (κ2) is 17.3. The molecule has 0 N–H and O–H groups in total. The number of fused-ring (bicyclic) bond motifs is 2. The fourth-order valence-corrected chi connectivity index (χ4v) is 7.61. The number of hydrogen-bond donors (Lipinski definition) is 0. The van der Waals surface area contributed by atoms with Gasteiger partial charge in [-0.25, -0.2) is 0 Å². The van der Waals surface area contributed by atoms with Gasteiger partial charge in [0.1, 0.15) is 5.75 Å². The molecule has 2 nitrogen and oxygen atoms in total. The van der Waals surface area contributed by atoms with Crippen LogP contribution in [-0.2, 0) is 37.4 Å². The van der Waals surface area contributed by atoms with Crippen LogP contribution in [0.2, 0.25) is 0 Å². The fraction of sp³-hybridized carbons (Fsp3) is 0.833. The van der Waals surface area contributed by atoms with E-state index in [1.54, 1.807) is 0 Å². The van der Waals surface area contributed by atoms with Crippen molar-refractivity contribution in [3.8, 4) is 5.75 Å². The molecule has 0 saturated heterocycles. The molecule has 223 valence electrons. The van der Waals surface area contributed by atoms with E-state index in [4.69, 9.17) is 9.47 Å². The Morgan fingerprint density at radius 2 is 1.69 bits per heavy atom. The molecular formula is C36H64O2Y. The average molecular weight is 618 g/mol. The summed E-state index contributed by atoms with van der Waals surface area (Å²) in [6.07, 6.45) is 15.3. The van der Waals surface area contributed by atoms with E-state index in [1.807, 2.05) is 0 Å². The van der Waals surface area contributed by atoms with Crippen LogP contribution in [0.3, 0.4) is 0 Å². The normalized spacial score (nSPS) is 25.3. The van der Waals surface area contributed by atoms with Crippen LogP contribution in [-0.4, -0.2) is 12.9 Å². The van der Waals surface area contributed by atoms with Crippen molar-refractivity contribution in [3.05, 3.63) is 29.8 Å². The third kappa shape index (κ3) is 11.0.